The van der Waals surface area contributed by atoms with Crippen LogP contribution in [0.4, 0.5) is 0 Å². The van der Waals surface area contributed by atoms with Gasteiger partial charge < -0.3 is 5.32 Å². The molecule has 1 rings (SSSR count). The Labute approximate surface area is 116 Å². The number of nitrogens with one attached hydrogen (secondary N) is 1. The second kappa shape index (κ2) is 6.18. The van der Waals surface area contributed by atoms with E-state index in [0.717, 1.165) is 13.1 Å². The maximum atomic E-state index is 3.55. The van der Waals surface area contributed by atoms with Crippen LogP contribution in [0.3, 0.4) is 0 Å². The van der Waals surface area contributed by atoms with Crippen LogP contribution in [-0.4, -0.2) is 23.5 Å². The summed E-state index contributed by atoms with van der Waals surface area (Å²) < 4.78 is 0. The highest BCUT2D eigenvalue weighted by Crippen LogP contribution is 2.23. The van der Waals surface area contributed by atoms with Crippen LogP contribution >= 0.6 is 11.3 Å². The molecule has 0 spiro atoms. The molecule has 1 heterocycles. The Kier molecular flexibility index (Phi) is 5.38. The van der Waals surface area contributed by atoms with Gasteiger partial charge >= 0.3 is 0 Å². The van der Waals surface area contributed by atoms with E-state index in [2.05, 4.69) is 64.9 Å². The fraction of sp³-hybridized carbons (Fsp3) is 0.733. The molecule has 1 aromatic rings. The normalized spacial score (nSPS) is 12.7. The summed E-state index contributed by atoms with van der Waals surface area (Å²) in [5.74, 6) is 0. The molecule has 0 aromatic carbocycles. The highest BCUT2D eigenvalue weighted by Gasteiger charge is 2.12. The summed E-state index contributed by atoms with van der Waals surface area (Å²) in [4.78, 5) is 5.28. The number of hydrogen-bond acceptors (Lipinski definition) is 3. The van der Waals surface area contributed by atoms with Gasteiger partial charge in [-0.15, -0.1) is 11.3 Å². The van der Waals surface area contributed by atoms with Gasteiger partial charge in [0, 0.05) is 34.4 Å². The summed E-state index contributed by atoms with van der Waals surface area (Å²) in [7, 11) is 2.19. The van der Waals surface area contributed by atoms with Crippen LogP contribution in [0.2, 0.25) is 0 Å². The molecule has 0 saturated heterocycles. The van der Waals surface area contributed by atoms with Gasteiger partial charge in [-0.25, -0.2) is 0 Å². The number of thiophene rings is 1. The Hall–Kier alpha value is -0.380. The summed E-state index contributed by atoms with van der Waals surface area (Å²) >= 11 is 1.92. The van der Waals surface area contributed by atoms with Gasteiger partial charge in [-0.05, 0) is 60.2 Å². The molecule has 0 aliphatic heterocycles. The Morgan fingerprint density at radius 1 is 1.33 bits per heavy atom. The van der Waals surface area contributed by atoms with Crippen LogP contribution < -0.4 is 5.32 Å². The van der Waals surface area contributed by atoms with Crippen molar-refractivity contribution >= 4 is 11.3 Å². The molecule has 3 heteroatoms. The molecule has 104 valence electrons. The van der Waals surface area contributed by atoms with Crippen LogP contribution in [-0.2, 0) is 13.1 Å². The highest BCUT2D eigenvalue weighted by atomic mass is 32.1. The predicted molar refractivity (Wildman–Crippen MR) is 82.3 cm³/mol. The average molecular weight is 268 g/mol. The molecule has 0 aliphatic carbocycles. The molecule has 0 atom stereocenters. The monoisotopic (exact) mass is 268 g/mol. The Morgan fingerprint density at radius 3 is 2.44 bits per heavy atom. The minimum atomic E-state index is 0.187. The van der Waals surface area contributed by atoms with E-state index in [4.69, 9.17) is 0 Å². The molecular formula is C15H28N2S. The third-order valence-electron chi connectivity index (χ3n) is 3.17. The smallest absolute Gasteiger partial charge is 0.0304 e. The van der Waals surface area contributed by atoms with E-state index in [0.29, 0.717) is 6.04 Å². The topological polar surface area (TPSA) is 15.3 Å². The average Bonchev–Trinajstić information content (AvgIpc) is 2.55. The minimum absolute atomic E-state index is 0.187. The van der Waals surface area contributed by atoms with Crippen molar-refractivity contribution in [2.75, 3.05) is 7.05 Å². The molecule has 18 heavy (non-hydrogen) atoms. The van der Waals surface area contributed by atoms with Crippen molar-refractivity contribution in [3.05, 3.63) is 21.4 Å². The Balaban J connectivity index is 2.64. The molecule has 1 aromatic heterocycles. The van der Waals surface area contributed by atoms with Gasteiger partial charge in [0.1, 0.15) is 0 Å². The van der Waals surface area contributed by atoms with Crippen LogP contribution in [0.1, 0.15) is 49.9 Å². The Morgan fingerprint density at radius 2 is 1.94 bits per heavy atom. The van der Waals surface area contributed by atoms with Gasteiger partial charge in [-0.2, -0.15) is 0 Å². The van der Waals surface area contributed by atoms with E-state index in [9.17, 15) is 0 Å². The minimum Gasteiger partial charge on any atom is -0.307 e. The zero-order chi connectivity index (χ0) is 13.9. The van der Waals surface area contributed by atoms with Crippen molar-refractivity contribution in [2.24, 2.45) is 0 Å². The standard InChI is InChI=1S/C15H28N2S/c1-11(2)17(7)10-13-8-14(18-12(13)3)9-16-15(4,5)6/h8,11,16H,9-10H2,1-7H3. The van der Waals surface area contributed by atoms with E-state index in [1.165, 1.54) is 15.3 Å². The highest BCUT2D eigenvalue weighted by molar-refractivity contribution is 7.12. The number of hydrogen-bond donors (Lipinski definition) is 1. The van der Waals surface area contributed by atoms with E-state index < -0.39 is 0 Å². The number of nitrogens with zero attached hydrogens (tertiary/aromatic N) is 1. The van der Waals surface area contributed by atoms with Gasteiger partial charge in [0.05, 0.1) is 0 Å². The third kappa shape index (κ3) is 5.09. The van der Waals surface area contributed by atoms with Crippen molar-refractivity contribution in [2.45, 2.75) is 66.2 Å². The number of rotatable bonds is 5. The van der Waals surface area contributed by atoms with Crippen molar-refractivity contribution in [3.8, 4) is 0 Å². The van der Waals surface area contributed by atoms with E-state index in [1.807, 2.05) is 11.3 Å². The first-order valence-electron chi connectivity index (χ1n) is 6.72. The largest absolute Gasteiger partial charge is 0.307 e. The lowest BCUT2D eigenvalue weighted by atomic mass is 10.1. The van der Waals surface area contributed by atoms with Crippen molar-refractivity contribution in [1.29, 1.82) is 0 Å². The van der Waals surface area contributed by atoms with Gasteiger partial charge in [0.15, 0.2) is 0 Å². The van der Waals surface area contributed by atoms with Crippen LogP contribution in [0.15, 0.2) is 6.07 Å². The first-order chi connectivity index (χ1) is 8.19. The molecule has 0 fully saturated rings. The summed E-state index contributed by atoms with van der Waals surface area (Å²) in [6.45, 7) is 15.4. The first kappa shape index (κ1) is 15.7. The lowest BCUT2D eigenvalue weighted by Gasteiger charge is -2.21. The number of aryl methyl sites for hydroxylation is 1. The quantitative estimate of drug-likeness (QED) is 0.874. The summed E-state index contributed by atoms with van der Waals surface area (Å²) in [5.41, 5.74) is 1.66. The van der Waals surface area contributed by atoms with Crippen LogP contribution in [0.25, 0.3) is 0 Å². The van der Waals surface area contributed by atoms with Crippen LogP contribution in [0, 0.1) is 6.92 Å². The van der Waals surface area contributed by atoms with Crippen molar-refractivity contribution < 1.29 is 0 Å². The van der Waals surface area contributed by atoms with Crippen molar-refractivity contribution in [1.82, 2.24) is 10.2 Å². The van der Waals surface area contributed by atoms with E-state index in [1.54, 1.807) is 0 Å². The maximum absolute atomic E-state index is 3.55. The van der Waals surface area contributed by atoms with E-state index >= 15 is 0 Å². The molecule has 2 nitrogen and oxygen atoms in total. The fourth-order valence-electron chi connectivity index (χ4n) is 1.64. The van der Waals surface area contributed by atoms with Crippen molar-refractivity contribution in [3.63, 3.8) is 0 Å². The molecule has 0 amide bonds. The molecular weight excluding hydrogens is 240 g/mol. The first-order valence-corrected chi connectivity index (χ1v) is 7.54. The van der Waals surface area contributed by atoms with E-state index in [-0.39, 0.29) is 5.54 Å². The zero-order valence-corrected chi connectivity index (χ0v) is 13.7. The summed E-state index contributed by atoms with van der Waals surface area (Å²) in [6.07, 6.45) is 0. The zero-order valence-electron chi connectivity index (χ0n) is 12.9. The second-order valence-corrected chi connectivity index (χ2v) is 7.75. The molecule has 0 saturated carbocycles. The summed E-state index contributed by atoms with van der Waals surface area (Å²) in [5, 5.41) is 3.55. The Bertz CT molecular complexity index is 374. The molecule has 1 N–H and O–H groups in total. The fourth-order valence-corrected chi connectivity index (χ4v) is 2.63. The van der Waals surface area contributed by atoms with Gasteiger partial charge in [-0.1, -0.05) is 0 Å². The SMILES string of the molecule is Cc1sc(CNC(C)(C)C)cc1CN(C)C(C)C. The summed E-state index contributed by atoms with van der Waals surface area (Å²) in [6, 6.07) is 2.96. The molecule has 0 unspecified atom stereocenters. The third-order valence-corrected chi connectivity index (χ3v) is 4.26. The second-order valence-electron chi connectivity index (χ2n) is 6.41. The lowest BCUT2D eigenvalue weighted by Crippen LogP contribution is -2.34. The molecule has 0 aliphatic rings. The predicted octanol–water partition coefficient (Wildman–Crippen LogP) is 3.78. The molecule has 0 radical (unpaired) electrons. The van der Waals surface area contributed by atoms with Gasteiger partial charge in [-0.3, -0.25) is 4.90 Å². The van der Waals surface area contributed by atoms with Gasteiger partial charge in [0.25, 0.3) is 0 Å². The molecule has 0 bridgehead atoms. The van der Waals surface area contributed by atoms with Crippen LogP contribution in [0.5, 0.6) is 0 Å². The lowest BCUT2D eigenvalue weighted by molar-refractivity contribution is 0.265. The maximum Gasteiger partial charge on any atom is 0.0304 e. The van der Waals surface area contributed by atoms with Gasteiger partial charge in [0.2, 0.25) is 0 Å².